The van der Waals surface area contributed by atoms with Crippen molar-refractivity contribution in [3.8, 4) is 0 Å². The van der Waals surface area contributed by atoms with E-state index in [9.17, 15) is 9.90 Å². The Kier molecular flexibility index (Phi) is 5.21. The third kappa shape index (κ3) is 3.56. The molecule has 4 rings (SSSR count). The second-order valence-electron chi connectivity index (χ2n) is 7.44. The van der Waals surface area contributed by atoms with Crippen LogP contribution in [0.2, 0.25) is 0 Å². The van der Waals surface area contributed by atoms with Gasteiger partial charge in [-0.25, -0.2) is 14.8 Å². The van der Waals surface area contributed by atoms with Crippen molar-refractivity contribution < 1.29 is 14.6 Å². The number of hydrogen-bond acceptors (Lipinski definition) is 5. The SMILES string of the molecule is CCc1nc2c(C)cc(C)nc2n1Cc1ccc(C2CCOC(C(=O)O)C2)s1. The summed E-state index contributed by atoms with van der Waals surface area (Å²) in [6.45, 7) is 7.47. The van der Waals surface area contributed by atoms with Crippen molar-refractivity contribution in [2.75, 3.05) is 6.61 Å². The maximum atomic E-state index is 11.3. The van der Waals surface area contributed by atoms with E-state index in [0.29, 0.717) is 13.0 Å². The second kappa shape index (κ2) is 7.64. The molecular formula is C21H25N3O3S. The van der Waals surface area contributed by atoms with E-state index in [1.54, 1.807) is 11.3 Å². The summed E-state index contributed by atoms with van der Waals surface area (Å²) in [5.41, 5.74) is 4.08. The average Bonchev–Trinajstić information content (AvgIpc) is 3.27. The van der Waals surface area contributed by atoms with Crippen LogP contribution < -0.4 is 0 Å². The lowest BCUT2D eigenvalue weighted by Crippen LogP contribution is -2.31. The fraction of sp³-hybridized carbons (Fsp3) is 0.476. The van der Waals surface area contributed by atoms with Crippen LogP contribution in [-0.2, 0) is 22.5 Å². The molecule has 0 aromatic carbocycles. The number of carboxylic acids is 1. The van der Waals surface area contributed by atoms with Crippen molar-refractivity contribution in [3.05, 3.63) is 45.0 Å². The van der Waals surface area contributed by atoms with Gasteiger partial charge in [-0.05, 0) is 56.4 Å². The predicted octanol–water partition coefficient (Wildman–Crippen LogP) is 4.07. The molecular weight excluding hydrogens is 374 g/mol. The smallest absolute Gasteiger partial charge is 0.332 e. The van der Waals surface area contributed by atoms with Crippen LogP contribution in [0.5, 0.6) is 0 Å². The average molecular weight is 400 g/mol. The van der Waals surface area contributed by atoms with Gasteiger partial charge in [-0.3, -0.25) is 0 Å². The van der Waals surface area contributed by atoms with Crippen LogP contribution in [0.1, 0.15) is 52.5 Å². The molecule has 7 heteroatoms. The molecule has 0 amide bonds. The maximum Gasteiger partial charge on any atom is 0.332 e. The van der Waals surface area contributed by atoms with Crippen molar-refractivity contribution >= 4 is 28.5 Å². The lowest BCUT2D eigenvalue weighted by atomic mass is 9.94. The minimum absolute atomic E-state index is 0.251. The fourth-order valence-electron chi connectivity index (χ4n) is 3.97. The van der Waals surface area contributed by atoms with Crippen LogP contribution in [0.4, 0.5) is 0 Å². The van der Waals surface area contributed by atoms with Crippen LogP contribution in [0.25, 0.3) is 11.2 Å². The number of aromatic nitrogens is 3. The Bertz CT molecular complexity index is 1020. The van der Waals surface area contributed by atoms with Crippen LogP contribution in [0.15, 0.2) is 18.2 Å². The Morgan fingerprint density at radius 3 is 2.93 bits per heavy atom. The first-order valence-electron chi connectivity index (χ1n) is 9.72. The number of pyridine rings is 1. The normalized spacial score (nSPS) is 20.0. The number of nitrogens with zero attached hydrogens (tertiary/aromatic N) is 3. The molecule has 0 saturated carbocycles. The van der Waals surface area contributed by atoms with Gasteiger partial charge in [-0.1, -0.05) is 6.92 Å². The Morgan fingerprint density at radius 1 is 1.36 bits per heavy atom. The molecule has 0 aliphatic carbocycles. The van der Waals surface area contributed by atoms with Gasteiger partial charge in [-0.15, -0.1) is 11.3 Å². The summed E-state index contributed by atoms with van der Waals surface area (Å²) in [5.74, 6) is 0.431. The summed E-state index contributed by atoms with van der Waals surface area (Å²) in [7, 11) is 0. The van der Waals surface area contributed by atoms with Gasteiger partial charge < -0.3 is 14.4 Å². The highest BCUT2D eigenvalue weighted by molar-refractivity contribution is 7.12. The summed E-state index contributed by atoms with van der Waals surface area (Å²) in [4.78, 5) is 23.3. The predicted molar refractivity (Wildman–Crippen MR) is 109 cm³/mol. The van der Waals surface area contributed by atoms with Gasteiger partial charge in [0.2, 0.25) is 0 Å². The van der Waals surface area contributed by atoms with E-state index in [1.165, 1.54) is 9.75 Å². The minimum atomic E-state index is -0.865. The Labute approximate surface area is 168 Å². The maximum absolute atomic E-state index is 11.3. The van der Waals surface area contributed by atoms with Gasteiger partial charge in [0.25, 0.3) is 0 Å². The number of ether oxygens (including phenoxy) is 1. The minimum Gasteiger partial charge on any atom is -0.479 e. The van der Waals surface area contributed by atoms with E-state index < -0.39 is 12.1 Å². The molecule has 0 bridgehead atoms. The molecule has 1 N–H and O–H groups in total. The van der Waals surface area contributed by atoms with Crippen LogP contribution in [-0.4, -0.2) is 38.3 Å². The number of imidazole rings is 1. The summed E-state index contributed by atoms with van der Waals surface area (Å²) >= 11 is 1.76. The first kappa shape index (κ1) is 19.1. The van der Waals surface area contributed by atoms with Crippen molar-refractivity contribution in [2.24, 2.45) is 0 Å². The number of aryl methyl sites for hydroxylation is 3. The first-order valence-corrected chi connectivity index (χ1v) is 10.5. The molecule has 6 nitrogen and oxygen atoms in total. The third-order valence-electron chi connectivity index (χ3n) is 5.38. The Hall–Kier alpha value is -2.25. The molecule has 4 heterocycles. The number of carbonyl (C=O) groups is 1. The number of rotatable bonds is 5. The molecule has 0 spiro atoms. The third-order valence-corrected chi connectivity index (χ3v) is 6.61. The monoisotopic (exact) mass is 399 g/mol. The lowest BCUT2D eigenvalue weighted by Gasteiger charge is -2.26. The molecule has 1 aliphatic heterocycles. The van der Waals surface area contributed by atoms with Crippen LogP contribution >= 0.6 is 11.3 Å². The van der Waals surface area contributed by atoms with Crippen molar-refractivity contribution in [1.82, 2.24) is 14.5 Å². The van der Waals surface area contributed by atoms with E-state index in [4.69, 9.17) is 14.7 Å². The van der Waals surface area contributed by atoms with Crippen LogP contribution in [0.3, 0.4) is 0 Å². The molecule has 2 unspecified atom stereocenters. The van der Waals surface area contributed by atoms with Crippen LogP contribution in [0, 0.1) is 13.8 Å². The zero-order chi connectivity index (χ0) is 19.8. The standard InChI is InChI=1S/C21H25N3O3S/c1-4-18-23-19-12(2)9-13(3)22-20(19)24(18)11-15-5-6-17(28-15)14-7-8-27-16(10-14)21(25)26/h5-6,9,14,16H,4,7-8,10-11H2,1-3H3,(H,25,26). The van der Waals surface area contributed by atoms with Gasteiger partial charge in [0, 0.05) is 28.5 Å². The number of fused-ring (bicyclic) bond motifs is 1. The number of hydrogen-bond donors (Lipinski definition) is 1. The number of carboxylic acid groups (broad SMARTS) is 1. The molecule has 1 aliphatic rings. The van der Waals surface area contributed by atoms with E-state index in [1.807, 2.05) is 6.92 Å². The highest BCUT2D eigenvalue weighted by atomic mass is 32.1. The molecule has 2 atom stereocenters. The lowest BCUT2D eigenvalue weighted by molar-refractivity contribution is -0.153. The van der Waals surface area contributed by atoms with Gasteiger partial charge in [0.15, 0.2) is 11.8 Å². The summed E-state index contributed by atoms with van der Waals surface area (Å²) in [6, 6.07) is 6.37. The second-order valence-corrected chi connectivity index (χ2v) is 8.64. The molecule has 1 saturated heterocycles. The quantitative estimate of drug-likeness (QED) is 0.700. The fourth-order valence-corrected chi connectivity index (χ4v) is 5.12. The molecule has 3 aromatic rings. The van der Waals surface area contributed by atoms with E-state index in [-0.39, 0.29) is 5.92 Å². The Morgan fingerprint density at radius 2 is 2.18 bits per heavy atom. The topological polar surface area (TPSA) is 77.2 Å². The van der Waals surface area contributed by atoms with E-state index in [0.717, 1.165) is 47.6 Å². The summed E-state index contributed by atoms with van der Waals surface area (Å²) < 4.78 is 7.59. The van der Waals surface area contributed by atoms with E-state index in [2.05, 4.69) is 36.6 Å². The molecule has 0 radical (unpaired) electrons. The molecule has 148 valence electrons. The van der Waals surface area contributed by atoms with Gasteiger partial charge in [0.05, 0.1) is 6.54 Å². The zero-order valence-electron chi connectivity index (χ0n) is 16.4. The number of aliphatic carboxylic acids is 1. The highest BCUT2D eigenvalue weighted by Gasteiger charge is 2.29. The highest BCUT2D eigenvalue weighted by Crippen LogP contribution is 2.35. The molecule has 3 aromatic heterocycles. The first-order chi connectivity index (χ1) is 13.5. The van der Waals surface area contributed by atoms with Gasteiger partial charge >= 0.3 is 5.97 Å². The summed E-state index contributed by atoms with van der Waals surface area (Å²) in [5, 5.41) is 9.24. The Balaban J connectivity index is 1.62. The number of thiophene rings is 1. The van der Waals surface area contributed by atoms with Crippen molar-refractivity contribution in [1.29, 1.82) is 0 Å². The molecule has 1 fully saturated rings. The van der Waals surface area contributed by atoms with E-state index >= 15 is 0 Å². The molecule has 28 heavy (non-hydrogen) atoms. The van der Waals surface area contributed by atoms with Gasteiger partial charge in [-0.2, -0.15) is 0 Å². The largest absolute Gasteiger partial charge is 0.479 e. The summed E-state index contributed by atoms with van der Waals surface area (Å²) in [6.07, 6.45) is 1.58. The van der Waals surface area contributed by atoms with Gasteiger partial charge in [0.1, 0.15) is 11.3 Å². The zero-order valence-corrected chi connectivity index (χ0v) is 17.3. The van der Waals surface area contributed by atoms with Crippen molar-refractivity contribution in [3.63, 3.8) is 0 Å². The van der Waals surface area contributed by atoms with Crippen molar-refractivity contribution in [2.45, 2.75) is 58.6 Å².